The molecule has 1 aromatic carbocycles. The largest absolute Gasteiger partial charge is 0.402 e. The standard InChI is InChI=1S/C9H12NO4PS.C2H3N/c1-2-13-10-9(14-15(11,12)16)8-6-4-3-5-7-8;1-2-3/h3-7H,2H2,1H3,(H2,11,12,16);1H3. The van der Waals surface area contributed by atoms with Gasteiger partial charge >= 0.3 is 6.72 Å². The topological polar surface area (TPSA) is 95.1 Å². The lowest BCUT2D eigenvalue weighted by atomic mass is 10.2. The molecule has 8 heteroatoms. The Morgan fingerprint density at radius 2 is 1.95 bits per heavy atom. The molecule has 0 aliphatic carbocycles. The van der Waals surface area contributed by atoms with Crippen LogP contribution in [0.4, 0.5) is 0 Å². The average Bonchev–Trinajstić information content (AvgIpc) is 2.35. The summed E-state index contributed by atoms with van der Waals surface area (Å²) in [5.41, 5.74) is 0.563. The van der Waals surface area contributed by atoms with Crippen LogP contribution in [0, 0.1) is 11.3 Å². The lowest BCUT2D eigenvalue weighted by Gasteiger charge is -2.11. The minimum absolute atomic E-state index is 0.0317. The van der Waals surface area contributed by atoms with E-state index in [1.54, 1.807) is 37.3 Å². The Labute approximate surface area is 117 Å². The van der Waals surface area contributed by atoms with Crippen molar-refractivity contribution in [2.24, 2.45) is 5.16 Å². The summed E-state index contributed by atoms with van der Waals surface area (Å²) < 4.78 is 4.79. The fourth-order valence-electron chi connectivity index (χ4n) is 0.939. The third-order valence-electron chi connectivity index (χ3n) is 1.50. The van der Waals surface area contributed by atoms with Crippen molar-refractivity contribution in [2.45, 2.75) is 13.8 Å². The van der Waals surface area contributed by atoms with E-state index in [-0.39, 0.29) is 5.90 Å². The molecule has 0 heterocycles. The third kappa shape index (κ3) is 9.17. The van der Waals surface area contributed by atoms with Gasteiger partial charge in [-0.2, -0.15) is 5.26 Å². The average molecular weight is 302 g/mol. The number of nitriles is 1. The van der Waals surface area contributed by atoms with Crippen molar-refractivity contribution < 1.29 is 19.1 Å². The summed E-state index contributed by atoms with van der Waals surface area (Å²) in [5, 5.41) is 11.0. The molecule has 0 aliphatic rings. The second-order valence-corrected chi connectivity index (χ2v) is 5.58. The molecule has 0 unspecified atom stereocenters. The van der Waals surface area contributed by atoms with Crippen molar-refractivity contribution in [3.8, 4) is 6.07 Å². The lowest BCUT2D eigenvalue weighted by Crippen LogP contribution is -2.06. The molecule has 6 nitrogen and oxygen atoms in total. The summed E-state index contributed by atoms with van der Waals surface area (Å²) in [6, 6.07) is 10.5. The Kier molecular flexibility index (Phi) is 8.75. The highest BCUT2D eigenvalue weighted by Gasteiger charge is 2.16. The van der Waals surface area contributed by atoms with E-state index in [4.69, 9.17) is 24.4 Å². The van der Waals surface area contributed by atoms with E-state index in [2.05, 4.69) is 17.0 Å². The van der Waals surface area contributed by atoms with Crippen LogP contribution in [0.2, 0.25) is 0 Å². The zero-order valence-corrected chi connectivity index (χ0v) is 12.3. The Balaban J connectivity index is 0.000000982. The second-order valence-electron chi connectivity index (χ2n) is 2.99. The molecule has 1 rings (SSSR count). The van der Waals surface area contributed by atoms with Gasteiger partial charge in [-0.1, -0.05) is 18.2 Å². The number of hydrogen-bond donors (Lipinski definition) is 2. The molecule has 0 bridgehead atoms. The fraction of sp³-hybridized carbons (Fsp3) is 0.273. The van der Waals surface area contributed by atoms with Gasteiger partial charge in [-0.25, -0.2) is 0 Å². The molecular formula is C11H15N2O4PS. The van der Waals surface area contributed by atoms with Gasteiger partial charge < -0.3 is 19.1 Å². The number of rotatable bonds is 4. The maximum Gasteiger partial charge on any atom is 0.376 e. The number of oxime groups is 1. The van der Waals surface area contributed by atoms with Gasteiger partial charge in [-0.15, -0.1) is 0 Å². The van der Waals surface area contributed by atoms with Crippen LogP contribution in [0.3, 0.4) is 0 Å². The van der Waals surface area contributed by atoms with Crippen LogP contribution in [-0.4, -0.2) is 22.3 Å². The molecule has 0 saturated carbocycles. The van der Waals surface area contributed by atoms with Crippen molar-refractivity contribution in [1.29, 1.82) is 5.26 Å². The summed E-state index contributed by atoms with van der Waals surface area (Å²) in [5.74, 6) is -0.0317. The monoisotopic (exact) mass is 302 g/mol. The minimum Gasteiger partial charge on any atom is -0.402 e. The van der Waals surface area contributed by atoms with Crippen molar-refractivity contribution in [2.75, 3.05) is 6.61 Å². The van der Waals surface area contributed by atoms with Crippen LogP contribution in [0.15, 0.2) is 35.5 Å². The Morgan fingerprint density at radius 3 is 2.37 bits per heavy atom. The molecule has 0 aliphatic heterocycles. The summed E-state index contributed by atoms with van der Waals surface area (Å²) in [6.07, 6.45) is 0. The number of benzene rings is 1. The zero-order chi connectivity index (χ0) is 14.7. The molecule has 0 fully saturated rings. The van der Waals surface area contributed by atoms with Gasteiger partial charge in [0.05, 0.1) is 6.07 Å². The van der Waals surface area contributed by atoms with Gasteiger partial charge in [0.15, 0.2) is 0 Å². The van der Waals surface area contributed by atoms with Crippen LogP contribution >= 0.6 is 6.72 Å². The predicted octanol–water partition coefficient (Wildman–Crippen LogP) is 2.14. The van der Waals surface area contributed by atoms with Crippen LogP contribution in [0.1, 0.15) is 19.4 Å². The van der Waals surface area contributed by atoms with Crippen molar-refractivity contribution in [3.63, 3.8) is 0 Å². The second kappa shape index (κ2) is 9.48. The molecular weight excluding hydrogens is 287 g/mol. The smallest absolute Gasteiger partial charge is 0.376 e. The van der Waals surface area contributed by atoms with E-state index in [1.807, 2.05) is 6.07 Å². The normalized spacial score (nSPS) is 10.8. The maximum absolute atomic E-state index is 9.07. The Bertz CT molecular complexity index is 481. The highest BCUT2D eigenvalue weighted by molar-refractivity contribution is 8.06. The van der Waals surface area contributed by atoms with E-state index >= 15 is 0 Å². The first-order valence-corrected chi connectivity index (χ1v) is 7.88. The highest BCUT2D eigenvalue weighted by atomic mass is 32.5. The molecule has 104 valence electrons. The van der Waals surface area contributed by atoms with Gasteiger partial charge in [-0.3, -0.25) is 0 Å². The minimum atomic E-state index is -3.80. The van der Waals surface area contributed by atoms with Gasteiger partial charge in [0.1, 0.15) is 6.61 Å². The fourth-order valence-corrected chi connectivity index (χ4v) is 1.51. The molecule has 19 heavy (non-hydrogen) atoms. The molecule has 0 saturated heterocycles. The van der Waals surface area contributed by atoms with E-state index in [0.717, 1.165) is 0 Å². The molecule has 0 aromatic heterocycles. The van der Waals surface area contributed by atoms with Crippen molar-refractivity contribution in [3.05, 3.63) is 35.9 Å². The molecule has 0 radical (unpaired) electrons. The summed E-state index contributed by atoms with van der Waals surface area (Å²) >= 11 is 4.38. The van der Waals surface area contributed by atoms with Crippen LogP contribution in [-0.2, 0) is 21.2 Å². The Hall–Kier alpha value is -1.45. The predicted molar refractivity (Wildman–Crippen MR) is 75.7 cm³/mol. The Morgan fingerprint density at radius 1 is 1.42 bits per heavy atom. The van der Waals surface area contributed by atoms with Gasteiger partial charge in [-0.05, 0) is 24.2 Å². The lowest BCUT2D eigenvalue weighted by molar-refractivity contribution is 0.152. The quantitative estimate of drug-likeness (QED) is 0.383. The number of hydrogen-bond acceptors (Lipinski definition) is 5. The summed E-state index contributed by atoms with van der Waals surface area (Å²) in [4.78, 5) is 23.0. The van der Waals surface area contributed by atoms with Gasteiger partial charge in [0, 0.05) is 24.3 Å². The van der Waals surface area contributed by atoms with Crippen LogP contribution in [0.25, 0.3) is 0 Å². The van der Waals surface area contributed by atoms with Gasteiger partial charge in [0.2, 0.25) is 0 Å². The molecule has 0 amide bonds. The first-order valence-electron chi connectivity index (χ1n) is 5.26. The van der Waals surface area contributed by atoms with Crippen molar-refractivity contribution >= 4 is 24.4 Å². The third-order valence-corrected chi connectivity index (χ3v) is 2.14. The molecule has 2 N–H and O–H groups in total. The zero-order valence-electron chi connectivity index (χ0n) is 10.6. The summed E-state index contributed by atoms with van der Waals surface area (Å²) in [6.45, 7) is -0.278. The van der Waals surface area contributed by atoms with E-state index in [0.29, 0.717) is 12.2 Å². The number of nitrogens with zero attached hydrogens (tertiary/aromatic N) is 2. The first-order chi connectivity index (χ1) is 8.94. The molecule has 0 spiro atoms. The van der Waals surface area contributed by atoms with E-state index < -0.39 is 6.72 Å². The SMILES string of the molecule is CC#N.CCON=C(OP(O)(O)=S)c1ccccc1. The van der Waals surface area contributed by atoms with Crippen LogP contribution in [0.5, 0.6) is 0 Å². The molecule has 1 aromatic rings. The van der Waals surface area contributed by atoms with E-state index in [1.165, 1.54) is 6.92 Å². The van der Waals surface area contributed by atoms with E-state index in [9.17, 15) is 0 Å². The van der Waals surface area contributed by atoms with Crippen LogP contribution < -0.4 is 0 Å². The van der Waals surface area contributed by atoms with Gasteiger partial charge in [0.25, 0.3) is 5.90 Å². The maximum atomic E-state index is 9.07. The first kappa shape index (κ1) is 17.6. The molecule has 0 atom stereocenters. The summed E-state index contributed by atoms with van der Waals surface area (Å²) in [7, 11) is 0. The van der Waals surface area contributed by atoms with Crippen molar-refractivity contribution in [1.82, 2.24) is 0 Å². The highest BCUT2D eigenvalue weighted by Crippen LogP contribution is 2.37.